The quantitative estimate of drug-likeness (QED) is 0.807. The van der Waals surface area contributed by atoms with E-state index in [0.29, 0.717) is 12.3 Å². The van der Waals surface area contributed by atoms with Crippen molar-refractivity contribution >= 4 is 17.7 Å². The molecule has 0 radical (unpaired) electrons. The second kappa shape index (κ2) is 7.86. The zero-order valence-electron chi connectivity index (χ0n) is 12.0. The van der Waals surface area contributed by atoms with Gasteiger partial charge in [-0.1, -0.05) is 42.5 Å². The van der Waals surface area contributed by atoms with Crippen molar-refractivity contribution in [3.8, 4) is 0 Å². The SMILES string of the molecule is Cc1ccccc1SCC(=O)NCc1ccccc1CO. The van der Waals surface area contributed by atoms with Gasteiger partial charge in [0.25, 0.3) is 0 Å². The first-order valence-electron chi connectivity index (χ1n) is 6.83. The number of aliphatic hydroxyl groups excluding tert-OH is 1. The summed E-state index contributed by atoms with van der Waals surface area (Å²) in [5.41, 5.74) is 2.99. The molecule has 0 aliphatic heterocycles. The zero-order chi connectivity index (χ0) is 15.1. The van der Waals surface area contributed by atoms with Crippen LogP contribution >= 0.6 is 11.8 Å². The Bertz CT molecular complexity index is 613. The molecule has 0 bridgehead atoms. The first kappa shape index (κ1) is 15.6. The number of nitrogens with one attached hydrogen (secondary N) is 1. The lowest BCUT2D eigenvalue weighted by molar-refractivity contribution is -0.118. The first-order chi connectivity index (χ1) is 10.2. The topological polar surface area (TPSA) is 49.3 Å². The maximum atomic E-state index is 11.9. The maximum Gasteiger partial charge on any atom is 0.230 e. The van der Waals surface area contributed by atoms with Gasteiger partial charge < -0.3 is 10.4 Å². The van der Waals surface area contributed by atoms with Crippen LogP contribution in [0.3, 0.4) is 0 Å². The van der Waals surface area contributed by atoms with Crippen LogP contribution in [0.25, 0.3) is 0 Å². The molecule has 2 rings (SSSR count). The zero-order valence-corrected chi connectivity index (χ0v) is 12.8. The molecule has 2 N–H and O–H groups in total. The van der Waals surface area contributed by atoms with Crippen molar-refractivity contribution in [2.75, 3.05) is 5.75 Å². The summed E-state index contributed by atoms with van der Waals surface area (Å²) in [6, 6.07) is 15.6. The second-order valence-corrected chi connectivity index (χ2v) is 5.77. The van der Waals surface area contributed by atoms with Crippen LogP contribution in [0.15, 0.2) is 53.4 Å². The Hall–Kier alpha value is -1.78. The van der Waals surface area contributed by atoms with Crippen LogP contribution in [0.5, 0.6) is 0 Å². The molecule has 21 heavy (non-hydrogen) atoms. The smallest absolute Gasteiger partial charge is 0.230 e. The highest BCUT2D eigenvalue weighted by atomic mass is 32.2. The van der Waals surface area contributed by atoms with Crippen molar-refractivity contribution in [3.05, 3.63) is 65.2 Å². The molecule has 110 valence electrons. The number of hydrogen-bond donors (Lipinski definition) is 2. The second-order valence-electron chi connectivity index (χ2n) is 4.76. The van der Waals surface area contributed by atoms with Gasteiger partial charge in [-0.3, -0.25) is 4.79 Å². The van der Waals surface area contributed by atoms with Crippen LogP contribution in [0.2, 0.25) is 0 Å². The minimum absolute atomic E-state index is 0.00371. The Labute approximate surface area is 129 Å². The summed E-state index contributed by atoms with van der Waals surface area (Å²) < 4.78 is 0. The van der Waals surface area contributed by atoms with Crippen LogP contribution < -0.4 is 5.32 Å². The number of aryl methyl sites for hydroxylation is 1. The van der Waals surface area contributed by atoms with Gasteiger partial charge in [0.05, 0.1) is 12.4 Å². The highest BCUT2D eigenvalue weighted by Gasteiger charge is 2.06. The number of benzene rings is 2. The van der Waals surface area contributed by atoms with E-state index in [0.717, 1.165) is 16.0 Å². The van der Waals surface area contributed by atoms with Crippen LogP contribution in [0.4, 0.5) is 0 Å². The molecule has 0 aliphatic carbocycles. The third-order valence-corrected chi connectivity index (χ3v) is 4.39. The van der Waals surface area contributed by atoms with Gasteiger partial charge in [0, 0.05) is 11.4 Å². The van der Waals surface area contributed by atoms with Crippen molar-refractivity contribution < 1.29 is 9.90 Å². The molecular formula is C17H19NO2S. The summed E-state index contributed by atoms with van der Waals surface area (Å²) in [6.07, 6.45) is 0. The van der Waals surface area contributed by atoms with Gasteiger partial charge in [-0.15, -0.1) is 11.8 Å². The molecule has 4 heteroatoms. The summed E-state index contributed by atoms with van der Waals surface area (Å²) in [4.78, 5) is 13.0. The molecule has 0 saturated heterocycles. The van der Waals surface area contributed by atoms with Crippen LogP contribution in [-0.2, 0) is 17.9 Å². The van der Waals surface area contributed by atoms with E-state index in [1.165, 1.54) is 17.3 Å². The van der Waals surface area contributed by atoms with E-state index in [-0.39, 0.29) is 12.5 Å². The lowest BCUT2D eigenvalue weighted by atomic mass is 10.1. The van der Waals surface area contributed by atoms with Gasteiger partial charge in [0.15, 0.2) is 0 Å². The number of carbonyl (C=O) groups excluding carboxylic acids is 1. The van der Waals surface area contributed by atoms with E-state index in [2.05, 4.69) is 5.32 Å². The molecule has 0 spiro atoms. The summed E-state index contributed by atoms with van der Waals surface area (Å²) in [6.45, 7) is 2.48. The number of carbonyl (C=O) groups is 1. The number of amides is 1. The molecule has 0 aromatic heterocycles. The summed E-state index contributed by atoms with van der Waals surface area (Å²) in [5.74, 6) is 0.391. The van der Waals surface area contributed by atoms with Gasteiger partial charge in [-0.25, -0.2) is 0 Å². The lowest BCUT2D eigenvalue weighted by Gasteiger charge is -2.09. The number of thioether (sulfide) groups is 1. The van der Waals surface area contributed by atoms with E-state index < -0.39 is 0 Å². The predicted molar refractivity (Wildman–Crippen MR) is 86.1 cm³/mol. The molecule has 0 aliphatic rings. The Morgan fingerprint density at radius 2 is 1.76 bits per heavy atom. The van der Waals surface area contributed by atoms with E-state index in [9.17, 15) is 9.90 Å². The normalized spacial score (nSPS) is 10.4. The van der Waals surface area contributed by atoms with Crippen LogP contribution in [0.1, 0.15) is 16.7 Å². The molecule has 0 atom stereocenters. The van der Waals surface area contributed by atoms with Crippen LogP contribution in [-0.4, -0.2) is 16.8 Å². The van der Waals surface area contributed by atoms with Gasteiger partial charge >= 0.3 is 0 Å². The number of aliphatic hydroxyl groups is 1. The largest absolute Gasteiger partial charge is 0.392 e. The monoisotopic (exact) mass is 301 g/mol. The van der Waals surface area contributed by atoms with E-state index in [1.807, 2.05) is 55.5 Å². The standard InChI is InChI=1S/C17H19NO2S/c1-13-6-2-5-9-16(13)21-12-17(20)18-10-14-7-3-4-8-15(14)11-19/h2-9,19H,10-12H2,1H3,(H,18,20). The highest BCUT2D eigenvalue weighted by Crippen LogP contribution is 2.21. The fourth-order valence-corrected chi connectivity index (χ4v) is 2.85. The van der Waals surface area contributed by atoms with Crippen molar-refractivity contribution in [1.29, 1.82) is 0 Å². The minimum atomic E-state index is -0.00992. The fourth-order valence-electron chi connectivity index (χ4n) is 1.99. The summed E-state index contributed by atoms with van der Waals surface area (Å²) >= 11 is 1.54. The summed E-state index contributed by atoms with van der Waals surface area (Å²) in [7, 11) is 0. The molecule has 2 aromatic carbocycles. The minimum Gasteiger partial charge on any atom is -0.392 e. The van der Waals surface area contributed by atoms with Crippen molar-refractivity contribution in [1.82, 2.24) is 5.32 Å². The molecule has 1 amide bonds. The van der Waals surface area contributed by atoms with E-state index in [4.69, 9.17) is 0 Å². The molecule has 2 aromatic rings. The molecular weight excluding hydrogens is 282 g/mol. The first-order valence-corrected chi connectivity index (χ1v) is 7.82. The van der Waals surface area contributed by atoms with Gasteiger partial charge in [-0.05, 0) is 29.7 Å². The Morgan fingerprint density at radius 1 is 1.10 bits per heavy atom. The molecule has 3 nitrogen and oxygen atoms in total. The number of rotatable bonds is 6. The summed E-state index contributed by atoms with van der Waals surface area (Å²) in [5, 5.41) is 12.1. The Kier molecular flexibility index (Phi) is 5.84. The van der Waals surface area contributed by atoms with E-state index in [1.54, 1.807) is 0 Å². The Balaban J connectivity index is 1.84. The highest BCUT2D eigenvalue weighted by molar-refractivity contribution is 8.00. The Morgan fingerprint density at radius 3 is 2.48 bits per heavy atom. The van der Waals surface area contributed by atoms with Crippen molar-refractivity contribution in [3.63, 3.8) is 0 Å². The average Bonchev–Trinajstić information content (AvgIpc) is 2.52. The fraction of sp³-hybridized carbons (Fsp3) is 0.235. The van der Waals surface area contributed by atoms with Crippen LogP contribution in [0, 0.1) is 6.92 Å². The molecule has 0 unspecified atom stereocenters. The predicted octanol–water partition coefficient (Wildman–Crippen LogP) is 2.90. The van der Waals surface area contributed by atoms with Gasteiger partial charge in [0.2, 0.25) is 5.91 Å². The van der Waals surface area contributed by atoms with Crippen molar-refractivity contribution in [2.45, 2.75) is 25.0 Å². The molecule has 0 fully saturated rings. The number of hydrogen-bond acceptors (Lipinski definition) is 3. The van der Waals surface area contributed by atoms with Crippen molar-refractivity contribution in [2.24, 2.45) is 0 Å². The maximum absolute atomic E-state index is 11.9. The molecule has 0 heterocycles. The van der Waals surface area contributed by atoms with Gasteiger partial charge in [0.1, 0.15) is 0 Å². The average molecular weight is 301 g/mol. The third-order valence-electron chi connectivity index (χ3n) is 3.22. The van der Waals surface area contributed by atoms with E-state index >= 15 is 0 Å². The third kappa shape index (κ3) is 4.62. The lowest BCUT2D eigenvalue weighted by Crippen LogP contribution is -2.25. The molecule has 0 saturated carbocycles. The van der Waals surface area contributed by atoms with Gasteiger partial charge in [-0.2, -0.15) is 0 Å².